The second-order valence-corrected chi connectivity index (χ2v) is 11.1. The Morgan fingerprint density at radius 1 is 0.970 bits per heavy atom. The van der Waals surface area contributed by atoms with Gasteiger partial charge in [-0.1, -0.05) is 40.9 Å². The highest BCUT2D eigenvalue weighted by Crippen LogP contribution is 2.24. The Bertz CT molecular complexity index is 1110. The molecule has 0 fully saturated rings. The zero-order valence-corrected chi connectivity index (χ0v) is 21.8. The topological polar surface area (TPSA) is 86.8 Å². The van der Waals surface area contributed by atoms with E-state index in [1.54, 1.807) is 32.9 Å². The predicted octanol–water partition coefficient (Wildman–Crippen LogP) is 4.21. The van der Waals surface area contributed by atoms with Crippen molar-refractivity contribution >= 4 is 56.6 Å². The van der Waals surface area contributed by atoms with Crippen LogP contribution in [0.2, 0.25) is 15.1 Å². The number of nitrogens with zero attached hydrogens (tertiary/aromatic N) is 2. The Balaban J connectivity index is 2.31. The molecule has 0 unspecified atom stereocenters. The second-order valence-electron chi connectivity index (χ2n) is 7.81. The smallest absolute Gasteiger partial charge is 0.243 e. The van der Waals surface area contributed by atoms with Gasteiger partial charge in [0.2, 0.25) is 21.8 Å². The molecule has 0 aliphatic carbocycles. The summed E-state index contributed by atoms with van der Waals surface area (Å²) in [5.74, 6) is -0.931. The van der Waals surface area contributed by atoms with Gasteiger partial charge in [-0.05, 0) is 62.7 Å². The molecule has 0 aromatic heterocycles. The zero-order chi connectivity index (χ0) is 24.9. The molecule has 2 rings (SSSR count). The van der Waals surface area contributed by atoms with Crippen molar-refractivity contribution in [1.29, 1.82) is 0 Å². The number of nitrogens with one attached hydrogen (secondary N) is 1. The van der Waals surface area contributed by atoms with Gasteiger partial charge in [0.25, 0.3) is 0 Å². The molecule has 0 radical (unpaired) electrons. The van der Waals surface area contributed by atoms with Gasteiger partial charge in [-0.25, -0.2) is 8.42 Å². The molecule has 0 heterocycles. The van der Waals surface area contributed by atoms with Crippen LogP contribution in [0, 0.1) is 0 Å². The lowest BCUT2D eigenvalue weighted by molar-refractivity contribution is -0.140. The molecule has 1 atom stereocenters. The summed E-state index contributed by atoms with van der Waals surface area (Å²) in [5, 5.41) is 3.93. The lowest BCUT2D eigenvalue weighted by Crippen LogP contribution is -2.51. The maximum Gasteiger partial charge on any atom is 0.243 e. The van der Waals surface area contributed by atoms with Crippen LogP contribution in [0.25, 0.3) is 0 Å². The fourth-order valence-electron chi connectivity index (χ4n) is 2.97. The van der Waals surface area contributed by atoms with E-state index in [1.165, 1.54) is 42.3 Å². The van der Waals surface area contributed by atoms with Gasteiger partial charge in [-0.3, -0.25) is 9.59 Å². The van der Waals surface area contributed by atoms with Crippen LogP contribution in [0.4, 0.5) is 0 Å². The Labute approximate surface area is 209 Å². The molecule has 2 aromatic carbocycles. The van der Waals surface area contributed by atoms with Gasteiger partial charge in [0, 0.05) is 34.7 Å². The summed E-state index contributed by atoms with van der Waals surface area (Å²) in [5.41, 5.74) is 0.571. The van der Waals surface area contributed by atoms with Crippen LogP contribution in [0.5, 0.6) is 0 Å². The zero-order valence-electron chi connectivity index (χ0n) is 18.7. The van der Waals surface area contributed by atoms with Crippen LogP contribution in [-0.4, -0.2) is 55.1 Å². The second kappa shape index (κ2) is 11.5. The first-order valence-electron chi connectivity index (χ1n) is 10.1. The Morgan fingerprint density at radius 3 is 2.09 bits per heavy atom. The van der Waals surface area contributed by atoms with Gasteiger partial charge < -0.3 is 10.2 Å². The van der Waals surface area contributed by atoms with Crippen LogP contribution < -0.4 is 5.32 Å². The molecule has 180 valence electrons. The molecule has 0 bridgehead atoms. The maximum absolute atomic E-state index is 13.2. The van der Waals surface area contributed by atoms with E-state index in [0.717, 1.165) is 4.31 Å². The van der Waals surface area contributed by atoms with Gasteiger partial charge in [0.15, 0.2) is 0 Å². The van der Waals surface area contributed by atoms with Crippen molar-refractivity contribution in [2.75, 3.05) is 13.6 Å². The number of benzene rings is 2. The van der Waals surface area contributed by atoms with E-state index >= 15 is 0 Å². The van der Waals surface area contributed by atoms with E-state index < -0.39 is 28.5 Å². The molecule has 0 saturated heterocycles. The molecule has 0 spiro atoms. The van der Waals surface area contributed by atoms with Crippen molar-refractivity contribution in [2.45, 2.75) is 44.3 Å². The van der Waals surface area contributed by atoms with E-state index in [9.17, 15) is 18.0 Å². The Kier molecular flexibility index (Phi) is 9.58. The minimum atomic E-state index is -3.95. The average molecular weight is 535 g/mol. The summed E-state index contributed by atoms with van der Waals surface area (Å²) < 4.78 is 26.7. The van der Waals surface area contributed by atoms with E-state index in [0.29, 0.717) is 20.6 Å². The number of hydrogen-bond donors (Lipinski definition) is 1. The van der Waals surface area contributed by atoms with Crippen LogP contribution in [-0.2, 0) is 26.2 Å². The van der Waals surface area contributed by atoms with Gasteiger partial charge in [0.05, 0.1) is 11.4 Å². The van der Waals surface area contributed by atoms with Crippen LogP contribution >= 0.6 is 34.8 Å². The first kappa shape index (κ1) is 27.4. The SMILES string of the molecule is CC(C)NC(=O)[C@H](C)N(Cc1ccc(Cl)cc1Cl)C(=O)CN(C)S(=O)(=O)c1ccc(Cl)cc1. The van der Waals surface area contributed by atoms with Crippen molar-refractivity contribution in [2.24, 2.45) is 0 Å². The normalized spacial score (nSPS) is 12.6. The van der Waals surface area contributed by atoms with Crippen LogP contribution in [0.15, 0.2) is 47.4 Å². The fraction of sp³-hybridized carbons (Fsp3) is 0.364. The lowest BCUT2D eigenvalue weighted by Gasteiger charge is -2.31. The molecule has 2 amide bonds. The van der Waals surface area contributed by atoms with Crippen molar-refractivity contribution in [3.63, 3.8) is 0 Å². The maximum atomic E-state index is 13.2. The van der Waals surface area contributed by atoms with E-state index in [-0.39, 0.29) is 23.4 Å². The van der Waals surface area contributed by atoms with E-state index in [4.69, 9.17) is 34.8 Å². The molecule has 2 aromatic rings. The van der Waals surface area contributed by atoms with E-state index in [1.807, 2.05) is 0 Å². The Morgan fingerprint density at radius 2 is 1.55 bits per heavy atom. The molecule has 0 aliphatic rings. The number of rotatable bonds is 9. The summed E-state index contributed by atoms with van der Waals surface area (Å²) in [4.78, 5) is 27.2. The monoisotopic (exact) mass is 533 g/mol. The highest BCUT2D eigenvalue weighted by Gasteiger charge is 2.30. The van der Waals surface area contributed by atoms with Gasteiger partial charge in [0.1, 0.15) is 6.04 Å². The first-order valence-corrected chi connectivity index (χ1v) is 12.7. The van der Waals surface area contributed by atoms with Crippen LogP contribution in [0.3, 0.4) is 0 Å². The van der Waals surface area contributed by atoms with Crippen molar-refractivity contribution in [3.05, 3.63) is 63.1 Å². The third-order valence-electron chi connectivity index (χ3n) is 4.83. The van der Waals surface area contributed by atoms with Crippen molar-refractivity contribution in [3.8, 4) is 0 Å². The van der Waals surface area contributed by atoms with E-state index in [2.05, 4.69) is 5.32 Å². The number of hydrogen-bond acceptors (Lipinski definition) is 4. The number of carbonyl (C=O) groups excluding carboxylic acids is 2. The molecule has 7 nitrogen and oxygen atoms in total. The highest BCUT2D eigenvalue weighted by atomic mass is 35.5. The minimum absolute atomic E-state index is 0.0000880. The molecular formula is C22H26Cl3N3O4S. The van der Waals surface area contributed by atoms with Crippen LogP contribution in [0.1, 0.15) is 26.3 Å². The minimum Gasteiger partial charge on any atom is -0.352 e. The standard InChI is InChI=1S/C22H26Cl3N3O4S/c1-14(2)26-22(30)15(3)28(12-16-5-6-18(24)11-20(16)25)21(29)13-27(4)33(31,32)19-9-7-17(23)8-10-19/h5-11,14-15H,12-13H2,1-4H3,(H,26,30)/t15-/m0/s1. The molecule has 0 saturated carbocycles. The molecular weight excluding hydrogens is 509 g/mol. The first-order chi connectivity index (χ1) is 15.3. The number of amides is 2. The molecule has 0 aliphatic heterocycles. The number of carbonyl (C=O) groups is 2. The number of likely N-dealkylation sites (N-methyl/N-ethyl adjacent to an activating group) is 1. The van der Waals surface area contributed by atoms with Gasteiger partial charge >= 0.3 is 0 Å². The third-order valence-corrected chi connectivity index (χ3v) is 7.49. The third kappa shape index (κ3) is 7.32. The summed E-state index contributed by atoms with van der Waals surface area (Å²) >= 11 is 18.1. The summed E-state index contributed by atoms with van der Waals surface area (Å²) in [7, 11) is -2.65. The molecule has 33 heavy (non-hydrogen) atoms. The largest absolute Gasteiger partial charge is 0.352 e. The molecule has 1 N–H and O–H groups in total. The van der Waals surface area contributed by atoms with Crippen molar-refractivity contribution < 1.29 is 18.0 Å². The summed E-state index contributed by atoms with van der Waals surface area (Å²) in [6.45, 7) is 4.71. The van der Waals surface area contributed by atoms with Crippen molar-refractivity contribution in [1.82, 2.24) is 14.5 Å². The Hall–Kier alpha value is -1.84. The summed E-state index contributed by atoms with van der Waals surface area (Å²) in [6.07, 6.45) is 0. The highest BCUT2D eigenvalue weighted by molar-refractivity contribution is 7.89. The predicted molar refractivity (Wildman–Crippen MR) is 131 cm³/mol. The van der Waals surface area contributed by atoms with Gasteiger partial charge in [-0.2, -0.15) is 4.31 Å². The van der Waals surface area contributed by atoms with Gasteiger partial charge in [-0.15, -0.1) is 0 Å². The number of halogens is 3. The fourth-order valence-corrected chi connectivity index (χ4v) is 4.69. The number of sulfonamides is 1. The average Bonchev–Trinajstić information content (AvgIpc) is 2.72. The molecule has 11 heteroatoms. The quantitative estimate of drug-likeness (QED) is 0.522. The summed E-state index contributed by atoms with van der Waals surface area (Å²) in [6, 6.07) is 9.45. The lowest BCUT2D eigenvalue weighted by atomic mass is 10.1.